The number of aromatic nitrogens is 1. The van der Waals surface area contributed by atoms with E-state index in [4.69, 9.17) is 0 Å². The Morgan fingerprint density at radius 1 is 1.41 bits per heavy atom. The minimum absolute atomic E-state index is 0.0555. The lowest BCUT2D eigenvalue weighted by Gasteiger charge is -2.29. The first kappa shape index (κ1) is 13.0. The summed E-state index contributed by atoms with van der Waals surface area (Å²) in [6, 6.07) is 2.09. The van der Waals surface area contributed by atoms with E-state index in [1.165, 1.54) is 0 Å². The van der Waals surface area contributed by atoms with E-state index in [1.54, 1.807) is 6.20 Å². The van der Waals surface area contributed by atoms with E-state index >= 15 is 0 Å². The van der Waals surface area contributed by atoms with Crippen LogP contribution >= 0.6 is 15.9 Å². The third-order valence-corrected chi connectivity index (χ3v) is 3.53. The molecule has 0 aromatic carbocycles. The zero-order valence-corrected chi connectivity index (χ0v) is 11.4. The highest BCUT2D eigenvalue weighted by atomic mass is 79.9. The summed E-state index contributed by atoms with van der Waals surface area (Å²) in [6.45, 7) is 4.17. The molecular weight excluding hydrogens is 282 g/mol. The maximum absolute atomic E-state index is 9.61. The van der Waals surface area contributed by atoms with E-state index in [0.717, 1.165) is 42.6 Å². The Morgan fingerprint density at radius 3 is 3.06 bits per heavy atom. The molecule has 2 heterocycles. The first-order chi connectivity index (χ1) is 8.31. The number of aliphatic hydroxyl groups is 1. The van der Waals surface area contributed by atoms with Crippen molar-refractivity contribution in [3.05, 3.63) is 28.5 Å². The van der Waals surface area contributed by atoms with Gasteiger partial charge in [0.05, 0.1) is 12.6 Å². The maximum Gasteiger partial charge on any atom is 0.0629 e. The summed E-state index contributed by atoms with van der Waals surface area (Å²) in [5, 5.41) is 13.0. The molecule has 1 atom stereocenters. The largest absolute Gasteiger partial charge is 0.394 e. The van der Waals surface area contributed by atoms with Gasteiger partial charge in [-0.05, 0) is 40.5 Å². The number of hydrogen-bond donors (Lipinski definition) is 2. The molecule has 1 aromatic heterocycles. The van der Waals surface area contributed by atoms with Gasteiger partial charge in [-0.3, -0.25) is 9.88 Å². The molecule has 1 fully saturated rings. The first-order valence-corrected chi connectivity index (χ1v) is 6.76. The highest BCUT2D eigenvalue weighted by Crippen LogP contribution is 2.22. The van der Waals surface area contributed by atoms with Crippen molar-refractivity contribution in [3.8, 4) is 0 Å². The fraction of sp³-hybridized carbons (Fsp3) is 0.583. The van der Waals surface area contributed by atoms with Crippen LogP contribution in [0.5, 0.6) is 0 Å². The second-order valence-corrected chi connectivity index (χ2v) is 5.19. The molecule has 2 N–H and O–H groups in total. The van der Waals surface area contributed by atoms with Crippen molar-refractivity contribution in [1.82, 2.24) is 15.2 Å². The van der Waals surface area contributed by atoms with Crippen molar-refractivity contribution >= 4 is 15.9 Å². The van der Waals surface area contributed by atoms with Crippen LogP contribution in [0, 0.1) is 0 Å². The fourth-order valence-electron chi connectivity index (χ4n) is 2.22. The van der Waals surface area contributed by atoms with Crippen molar-refractivity contribution < 1.29 is 5.11 Å². The average Bonchev–Trinajstić information content (AvgIpc) is 2.59. The van der Waals surface area contributed by atoms with Crippen LogP contribution in [0.1, 0.15) is 18.0 Å². The molecule has 2 rings (SSSR count). The summed E-state index contributed by atoms with van der Waals surface area (Å²) in [5.74, 6) is 0. The minimum Gasteiger partial charge on any atom is -0.394 e. The van der Waals surface area contributed by atoms with Gasteiger partial charge in [0.15, 0.2) is 0 Å². The van der Waals surface area contributed by atoms with E-state index in [9.17, 15) is 5.11 Å². The number of rotatable bonds is 3. The van der Waals surface area contributed by atoms with Gasteiger partial charge in [-0.2, -0.15) is 0 Å². The van der Waals surface area contributed by atoms with Crippen LogP contribution in [0.3, 0.4) is 0 Å². The Bertz CT molecular complexity index is 353. The number of hydrogen-bond acceptors (Lipinski definition) is 4. The maximum atomic E-state index is 9.61. The molecule has 0 saturated carbocycles. The molecule has 0 spiro atoms. The molecule has 1 unspecified atom stereocenters. The molecule has 1 aromatic rings. The van der Waals surface area contributed by atoms with Crippen LogP contribution in [-0.4, -0.2) is 47.8 Å². The van der Waals surface area contributed by atoms with Crippen LogP contribution < -0.4 is 5.32 Å². The number of aliphatic hydroxyl groups excluding tert-OH is 1. The fourth-order valence-corrected chi connectivity index (χ4v) is 2.60. The molecule has 0 aliphatic carbocycles. The zero-order valence-electron chi connectivity index (χ0n) is 9.77. The predicted molar refractivity (Wildman–Crippen MR) is 70.8 cm³/mol. The summed E-state index contributed by atoms with van der Waals surface area (Å²) in [6.07, 6.45) is 4.73. The van der Waals surface area contributed by atoms with Gasteiger partial charge in [-0.25, -0.2) is 0 Å². The molecule has 94 valence electrons. The lowest BCUT2D eigenvalue weighted by atomic mass is 10.1. The lowest BCUT2D eigenvalue weighted by molar-refractivity contribution is 0.129. The topological polar surface area (TPSA) is 48.4 Å². The summed E-state index contributed by atoms with van der Waals surface area (Å²) in [5.41, 5.74) is 1.07. The Balaban J connectivity index is 2.14. The smallest absolute Gasteiger partial charge is 0.0629 e. The SMILES string of the molecule is OCC(c1cncc(Br)c1)N1CCCNCC1. The molecular formula is C12H18BrN3O. The third kappa shape index (κ3) is 3.48. The van der Waals surface area contributed by atoms with E-state index in [-0.39, 0.29) is 12.6 Å². The highest BCUT2D eigenvalue weighted by Gasteiger charge is 2.20. The Labute approximate surface area is 110 Å². The first-order valence-electron chi connectivity index (χ1n) is 5.97. The molecule has 1 aliphatic heterocycles. The monoisotopic (exact) mass is 299 g/mol. The van der Waals surface area contributed by atoms with Gasteiger partial charge in [-0.15, -0.1) is 0 Å². The number of halogens is 1. The third-order valence-electron chi connectivity index (χ3n) is 3.10. The predicted octanol–water partition coefficient (Wildman–Crippen LogP) is 1.17. The van der Waals surface area contributed by atoms with E-state index in [2.05, 4.69) is 31.1 Å². The normalized spacial score (nSPS) is 19.9. The van der Waals surface area contributed by atoms with Crippen molar-refractivity contribution in [2.45, 2.75) is 12.5 Å². The van der Waals surface area contributed by atoms with Crippen LogP contribution in [0.25, 0.3) is 0 Å². The van der Waals surface area contributed by atoms with Crippen LogP contribution in [-0.2, 0) is 0 Å². The van der Waals surface area contributed by atoms with E-state index in [0.29, 0.717) is 0 Å². The van der Waals surface area contributed by atoms with Gasteiger partial charge >= 0.3 is 0 Å². The van der Waals surface area contributed by atoms with Crippen molar-refractivity contribution in [1.29, 1.82) is 0 Å². The van der Waals surface area contributed by atoms with Gasteiger partial charge in [0.1, 0.15) is 0 Å². The van der Waals surface area contributed by atoms with Crippen molar-refractivity contribution in [2.75, 3.05) is 32.8 Å². The molecule has 0 radical (unpaired) electrons. The quantitative estimate of drug-likeness (QED) is 0.880. The van der Waals surface area contributed by atoms with E-state index in [1.807, 2.05) is 12.3 Å². The van der Waals surface area contributed by atoms with E-state index < -0.39 is 0 Å². The van der Waals surface area contributed by atoms with Gasteiger partial charge in [0.25, 0.3) is 0 Å². The zero-order chi connectivity index (χ0) is 12.1. The molecule has 17 heavy (non-hydrogen) atoms. The lowest BCUT2D eigenvalue weighted by Crippen LogP contribution is -2.34. The second kappa shape index (κ2) is 6.44. The number of pyridine rings is 1. The summed E-state index contributed by atoms with van der Waals surface area (Å²) < 4.78 is 0.960. The van der Waals surface area contributed by atoms with Crippen molar-refractivity contribution in [3.63, 3.8) is 0 Å². The van der Waals surface area contributed by atoms with Gasteiger partial charge in [-0.1, -0.05) is 0 Å². The summed E-state index contributed by atoms with van der Waals surface area (Å²) in [4.78, 5) is 6.49. The number of nitrogens with zero attached hydrogens (tertiary/aromatic N) is 2. The Hall–Kier alpha value is -0.490. The second-order valence-electron chi connectivity index (χ2n) is 4.27. The minimum atomic E-state index is 0.0555. The van der Waals surface area contributed by atoms with Crippen LogP contribution in [0.15, 0.2) is 22.9 Å². The van der Waals surface area contributed by atoms with Gasteiger partial charge < -0.3 is 10.4 Å². The molecule has 1 saturated heterocycles. The number of nitrogens with one attached hydrogen (secondary N) is 1. The molecule has 0 amide bonds. The molecule has 5 heteroatoms. The highest BCUT2D eigenvalue weighted by molar-refractivity contribution is 9.10. The summed E-state index contributed by atoms with van der Waals surface area (Å²) >= 11 is 3.42. The van der Waals surface area contributed by atoms with Crippen molar-refractivity contribution in [2.24, 2.45) is 0 Å². The van der Waals surface area contributed by atoms with Crippen LogP contribution in [0.4, 0.5) is 0 Å². The summed E-state index contributed by atoms with van der Waals surface area (Å²) in [7, 11) is 0. The van der Waals surface area contributed by atoms with Gasteiger partial charge in [0, 0.05) is 36.5 Å². The van der Waals surface area contributed by atoms with Crippen LogP contribution in [0.2, 0.25) is 0 Å². The Kier molecular flexibility index (Phi) is 4.91. The average molecular weight is 300 g/mol. The molecule has 1 aliphatic rings. The standard InChI is InChI=1S/C12H18BrN3O/c13-11-6-10(7-15-8-11)12(9-17)16-4-1-2-14-3-5-16/h6-8,12,14,17H,1-5,9H2. The Morgan fingerprint density at radius 2 is 2.29 bits per heavy atom. The molecule has 4 nitrogen and oxygen atoms in total. The molecule has 0 bridgehead atoms. The van der Waals surface area contributed by atoms with Gasteiger partial charge in [0.2, 0.25) is 0 Å².